The van der Waals surface area contributed by atoms with Crippen molar-refractivity contribution in [3.63, 3.8) is 0 Å². The fourth-order valence-corrected chi connectivity index (χ4v) is 2.24. The maximum absolute atomic E-state index is 11.4. The Bertz CT molecular complexity index is 571. The first-order chi connectivity index (χ1) is 9.02. The molecule has 2 rings (SSSR count). The van der Waals surface area contributed by atoms with Gasteiger partial charge in [0.15, 0.2) is 5.75 Å². The van der Waals surface area contributed by atoms with E-state index in [9.17, 15) is 4.79 Å². The number of hydrogen-bond acceptors (Lipinski definition) is 4. The van der Waals surface area contributed by atoms with E-state index in [1.165, 1.54) is 0 Å². The second-order valence-corrected chi connectivity index (χ2v) is 4.67. The Morgan fingerprint density at radius 1 is 1.37 bits per heavy atom. The van der Waals surface area contributed by atoms with Gasteiger partial charge in [-0.3, -0.25) is 0 Å². The summed E-state index contributed by atoms with van der Waals surface area (Å²) < 4.78 is 5.33. The van der Waals surface area contributed by atoms with Crippen molar-refractivity contribution in [2.24, 2.45) is 5.16 Å². The van der Waals surface area contributed by atoms with Crippen LogP contribution in [0.15, 0.2) is 22.9 Å². The van der Waals surface area contributed by atoms with Gasteiger partial charge in [-0.25, -0.2) is 4.79 Å². The minimum atomic E-state index is -0.487. The first-order valence-electron chi connectivity index (χ1n) is 5.62. The smallest absolute Gasteiger partial charge is 0.367 e. The molecule has 100 valence electrons. The summed E-state index contributed by atoms with van der Waals surface area (Å²) in [6.45, 7) is 4.00. The molecule has 0 saturated heterocycles. The summed E-state index contributed by atoms with van der Waals surface area (Å²) in [5, 5.41) is 4.38. The maximum atomic E-state index is 11.4. The Morgan fingerprint density at radius 3 is 2.47 bits per heavy atom. The highest BCUT2D eigenvalue weighted by atomic mass is 35.5. The van der Waals surface area contributed by atoms with Crippen LogP contribution in [0.25, 0.3) is 6.08 Å². The van der Waals surface area contributed by atoms with E-state index < -0.39 is 5.97 Å². The van der Waals surface area contributed by atoms with Gasteiger partial charge in [-0.1, -0.05) is 28.4 Å². The van der Waals surface area contributed by atoms with E-state index in [0.717, 1.165) is 0 Å². The summed E-state index contributed by atoms with van der Waals surface area (Å²) in [6, 6.07) is 3.34. The summed E-state index contributed by atoms with van der Waals surface area (Å²) in [5.41, 5.74) is 1.59. The molecule has 1 aliphatic heterocycles. The average Bonchev–Trinajstić information content (AvgIpc) is 2.66. The molecule has 0 amide bonds. The molecule has 0 aliphatic carbocycles. The summed E-state index contributed by atoms with van der Waals surface area (Å²) in [5.74, 6) is -0.0500. The van der Waals surface area contributed by atoms with Crippen LogP contribution in [0, 0.1) is 0 Å². The fraction of sp³-hybridized carbons (Fsp3) is 0.231. The number of oxime groups is 1. The van der Waals surface area contributed by atoms with Gasteiger partial charge in [0, 0.05) is 0 Å². The minimum Gasteiger partial charge on any atom is -0.491 e. The third-order valence-corrected chi connectivity index (χ3v) is 3.06. The Morgan fingerprint density at radius 2 is 2.00 bits per heavy atom. The van der Waals surface area contributed by atoms with Crippen molar-refractivity contribution in [2.45, 2.75) is 13.8 Å². The highest BCUT2D eigenvalue weighted by molar-refractivity contribution is 6.37. The van der Waals surface area contributed by atoms with Gasteiger partial charge in [-0.2, -0.15) is 0 Å². The highest BCUT2D eigenvalue weighted by Gasteiger charge is 2.22. The molecule has 4 nitrogen and oxygen atoms in total. The van der Waals surface area contributed by atoms with Gasteiger partial charge in [0.2, 0.25) is 0 Å². The van der Waals surface area contributed by atoms with Crippen molar-refractivity contribution in [1.29, 1.82) is 0 Å². The van der Waals surface area contributed by atoms with Gasteiger partial charge in [0.1, 0.15) is 0 Å². The molecule has 0 atom stereocenters. The third kappa shape index (κ3) is 2.91. The van der Waals surface area contributed by atoms with Crippen molar-refractivity contribution in [2.75, 3.05) is 6.61 Å². The Balaban J connectivity index is 2.40. The first kappa shape index (κ1) is 13.9. The second kappa shape index (κ2) is 5.63. The first-order valence-corrected chi connectivity index (χ1v) is 6.38. The van der Waals surface area contributed by atoms with Crippen molar-refractivity contribution in [1.82, 2.24) is 0 Å². The molecular weight excluding hydrogens is 289 g/mol. The lowest BCUT2D eigenvalue weighted by atomic mass is 10.1. The largest absolute Gasteiger partial charge is 0.491 e. The second-order valence-electron chi connectivity index (χ2n) is 3.86. The lowest BCUT2D eigenvalue weighted by molar-refractivity contribution is -0.136. The monoisotopic (exact) mass is 299 g/mol. The van der Waals surface area contributed by atoms with Crippen LogP contribution in [0.1, 0.15) is 19.4 Å². The number of benzene rings is 1. The molecular formula is C13H11Cl2NO3. The summed E-state index contributed by atoms with van der Waals surface area (Å²) in [7, 11) is 0. The molecule has 1 aliphatic rings. The Kier molecular flexibility index (Phi) is 4.12. The molecule has 6 heteroatoms. The number of carbonyl (C=O) groups excluding carboxylic acids is 1. The summed E-state index contributed by atoms with van der Waals surface area (Å²) in [4.78, 5) is 16.0. The standard InChI is InChI=1S/C13H11Cl2NO3/c1-3-18-12-10(14)5-8(6-11(12)15)4-9-7(2)16-19-13(9)17/h4-6H,3H2,1-2H3/b9-4-. The molecule has 0 N–H and O–H groups in total. The van der Waals surface area contributed by atoms with Crippen LogP contribution in [0.2, 0.25) is 10.0 Å². The van der Waals surface area contributed by atoms with Gasteiger partial charge in [0.25, 0.3) is 0 Å². The predicted octanol–water partition coefficient (Wildman–Crippen LogP) is 3.71. The number of carbonyl (C=O) groups is 1. The van der Waals surface area contributed by atoms with Gasteiger partial charge >= 0.3 is 5.97 Å². The predicted molar refractivity (Wildman–Crippen MR) is 74.8 cm³/mol. The topological polar surface area (TPSA) is 47.9 Å². The van der Waals surface area contributed by atoms with Gasteiger partial charge in [0.05, 0.1) is 27.9 Å². The Hall–Kier alpha value is -1.52. The molecule has 0 fully saturated rings. The lowest BCUT2D eigenvalue weighted by Gasteiger charge is -2.09. The van der Waals surface area contributed by atoms with Crippen LogP contribution in [0.3, 0.4) is 0 Å². The van der Waals surface area contributed by atoms with Crippen LogP contribution in [0.5, 0.6) is 5.75 Å². The van der Waals surface area contributed by atoms with Gasteiger partial charge in [-0.15, -0.1) is 0 Å². The Labute approximate surface area is 120 Å². The molecule has 0 radical (unpaired) electrons. The van der Waals surface area contributed by atoms with E-state index >= 15 is 0 Å². The molecule has 0 spiro atoms. The summed E-state index contributed by atoms with van der Waals surface area (Å²) >= 11 is 12.2. The highest BCUT2D eigenvalue weighted by Crippen LogP contribution is 2.35. The SMILES string of the molecule is CCOc1c(Cl)cc(/C=C2\C(=O)ON=C2C)cc1Cl. The zero-order valence-corrected chi connectivity index (χ0v) is 11.9. The number of halogens is 2. The normalized spacial score (nSPS) is 16.5. The van der Waals surface area contributed by atoms with E-state index in [2.05, 4.69) is 9.99 Å². The molecule has 1 heterocycles. The molecule has 0 unspecified atom stereocenters. The molecule has 1 aromatic rings. The van der Waals surface area contributed by atoms with Crippen LogP contribution in [-0.4, -0.2) is 18.3 Å². The fourth-order valence-electron chi connectivity index (χ4n) is 1.63. The van der Waals surface area contributed by atoms with E-state index in [0.29, 0.717) is 39.2 Å². The van der Waals surface area contributed by atoms with Crippen molar-refractivity contribution < 1.29 is 14.4 Å². The van der Waals surface area contributed by atoms with Crippen LogP contribution >= 0.6 is 23.2 Å². The van der Waals surface area contributed by atoms with Crippen LogP contribution in [0.4, 0.5) is 0 Å². The van der Waals surface area contributed by atoms with E-state index in [1.807, 2.05) is 6.92 Å². The third-order valence-electron chi connectivity index (χ3n) is 2.50. The maximum Gasteiger partial charge on any atom is 0.367 e. The number of ether oxygens (including phenoxy) is 1. The van der Waals surface area contributed by atoms with E-state index in [-0.39, 0.29) is 0 Å². The van der Waals surface area contributed by atoms with Gasteiger partial charge < -0.3 is 9.57 Å². The molecule has 0 saturated carbocycles. The van der Waals surface area contributed by atoms with Crippen LogP contribution in [-0.2, 0) is 9.63 Å². The average molecular weight is 300 g/mol. The van der Waals surface area contributed by atoms with Crippen molar-refractivity contribution in [3.05, 3.63) is 33.3 Å². The number of hydrogen-bond donors (Lipinski definition) is 0. The van der Waals surface area contributed by atoms with Gasteiger partial charge in [-0.05, 0) is 37.6 Å². The molecule has 1 aromatic carbocycles. The molecule has 0 aromatic heterocycles. The van der Waals surface area contributed by atoms with Crippen molar-refractivity contribution in [3.8, 4) is 5.75 Å². The molecule has 0 bridgehead atoms. The number of nitrogens with zero attached hydrogens (tertiary/aromatic N) is 1. The number of rotatable bonds is 3. The van der Waals surface area contributed by atoms with E-state index in [1.54, 1.807) is 25.1 Å². The zero-order chi connectivity index (χ0) is 14.0. The lowest BCUT2D eigenvalue weighted by Crippen LogP contribution is -2.01. The van der Waals surface area contributed by atoms with Crippen LogP contribution < -0.4 is 4.74 Å². The minimum absolute atomic E-state index is 0.385. The summed E-state index contributed by atoms with van der Waals surface area (Å²) in [6.07, 6.45) is 1.63. The van der Waals surface area contributed by atoms with Crippen molar-refractivity contribution >= 4 is 41.0 Å². The zero-order valence-electron chi connectivity index (χ0n) is 10.4. The quantitative estimate of drug-likeness (QED) is 0.631. The van der Waals surface area contributed by atoms with E-state index in [4.69, 9.17) is 27.9 Å². The molecule has 19 heavy (non-hydrogen) atoms.